The van der Waals surface area contributed by atoms with E-state index in [0.717, 1.165) is 19.3 Å². The number of allylic oxidation sites excluding steroid dienone is 2. The van der Waals surface area contributed by atoms with Gasteiger partial charge in [-0.25, -0.2) is 0 Å². The Kier molecular flexibility index (Phi) is 3.12. The van der Waals surface area contributed by atoms with Gasteiger partial charge in [-0.15, -0.1) is 0 Å². The summed E-state index contributed by atoms with van der Waals surface area (Å²) in [5.41, 5.74) is 2.60. The van der Waals surface area contributed by atoms with Gasteiger partial charge in [0.2, 0.25) is 0 Å². The van der Waals surface area contributed by atoms with Gasteiger partial charge in [-0.3, -0.25) is 4.99 Å². The lowest BCUT2D eigenvalue weighted by Gasteiger charge is -2.32. The molecule has 1 heterocycles. The van der Waals surface area contributed by atoms with Gasteiger partial charge in [0.25, 0.3) is 0 Å². The first-order valence-corrected chi connectivity index (χ1v) is 5.20. The summed E-state index contributed by atoms with van der Waals surface area (Å²) in [4.78, 5) is 4.52. The zero-order valence-corrected chi connectivity index (χ0v) is 9.15. The van der Waals surface area contributed by atoms with E-state index in [-0.39, 0.29) is 5.54 Å². The van der Waals surface area contributed by atoms with Crippen LogP contribution in [0.5, 0.6) is 0 Å². The Morgan fingerprint density at radius 3 is 2.46 bits per heavy atom. The van der Waals surface area contributed by atoms with Crippen LogP contribution in [0.2, 0.25) is 0 Å². The van der Waals surface area contributed by atoms with Crippen LogP contribution in [-0.4, -0.2) is 11.8 Å². The summed E-state index contributed by atoms with van der Waals surface area (Å²) >= 11 is 0. The molecule has 13 heavy (non-hydrogen) atoms. The first-order valence-electron chi connectivity index (χ1n) is 5.20. The largest absolute Gasteiger partial charge is 0.377 e. The molecule has 0 saturated carbocycles. The Morgan fingerprint density at radius 1 is 1.31 bits per heavy atom. The summed E-state index contributed by atoms with van der Waals surface area (Å²) < 4.78 is 0. The van der Waals surface area contributed by atoms with Crippen molar-refractivity contribution in [2.24, 2.45) is 4.99 Å². The molecule has 0 saturated heterocycles. The van der Waals surface area contributed by atoms with Gasteiger partial charge in [0.05, 0.1) is 11.2 Å². The van der Waals surface area contributed by atoms with Crippen LogP contribution in [0.3, 0.4) is 0 Å². The van der Waals surface area contributed by atoms with Crippen LogP contribution in [0, 0.1) is 0 Å². The van der Waals surface area contributed by atoms with Gasteiger partial charge in [0.15, 0.2) is 0 Å². The second kappa shape index (κ2) is 3.95. The van der Waals surface area contributed by atoms with E-state index < -0.39 is 0 Å². The lowest BCUT2D eigenvalue weighted by Crippen LogP contribution is -2.45. The van der Waals surface area contributed by atoms with Crippen molar-refractivity contribution in [1.29, 1.82) is 0 Å². The normalized spacial score (nSPS) is 27.7. The molecule has 0 bridgehead atoms. The zero-order chi connectivity index (χ0) is 9.90. The molecule has 1 N–H and O–H groups in total. The maximum Gasteiger partial charge on any atom is 0.0693 e. The van der Waals surface area contributed by atoms with Gasteiger partial charge in [-0.05, 0) is 26.2 Å². The molecule has 0 fully saturated rings. The highest BCUT2D eigenvalue weighted by atomic mass is 15.0. The minimum atomic E-state index is 0.0734. The predicted molar refractivity (Wildman–Crippen MR) is 57.9 cm³/mol. The molecule has 0 radical (unpaired) electrons. The minimum absolute atomic E-state index is 0.0734. The highest BCUT2D eigenvalue weighted by Crippen LogP contribution is 2.21. The monoisotopic (exact) mass is 180 g/mol. The minimum Gasteiger partial charge on any atom is -0.377 e. The van der Waals surface area contributed by atoms with E-state index >= 15 is 0 Å². The Balaban J connectivity index is 2.86. The van der Waals surface area contributed by atoms with Crippen molar-refractivity contribution in [3.8, 4) is 0 Å². The summed E-state index contributed by atoms with van der Waals surface area (Å²) in [5, 5.41) is 3.56. The lowest BCUT2D eigenvalue weighted by molar-refractivity contribution is 0.487. The number of hydrogen-bond donors (Lipinski definition) is 1. The van der Waals surface area contributed by atoms with E-state index in [0.29, 0.717) is 0 Å². The molecule has 0 aromatic rings. The smallest absolute Gasteiger partial charge is 0.0693 e. The molecular formula is C11H20N2. The van der Waals surface area contributed by atoms with Crippen LogP contribution in [0.25, 0.3) is 0 Å². The second-order valence-electron chi connectivity index (χ2n) is 3.79. The SMILES string of the molecule is CCC1=C(CC)NC(C)(CC)C=N1. The number of rotatable bonds is 3. The zero-order valence-electron chi connectivity index (χ0n) is 9.15. The maximum atomic E-state index is 4.52. The average molecular weight is 180 g/mol. The summed E-state index contributed by atoms with van der Waals surface area (Å²) in [6.45, 7) is 8.70. The molecule has 1 aliphatic rings. The molecule has 0 aliphatic carbocycles. The molecule has 1 aliphatic heterocycles. The average Bonchev–Trinajstić information content (AvgIpc) is 2.18. The fourth-order valence-corrected chi connectivity index (χ4v) is 1.52. The van der Waals surface area contributed by atoms with Gasteiger partial charge in [0.1, 0.15) is 0 Å². The van der Waals surface area contributed by atoms with Crippen molar-refractivity contribution in [2.75, 3.05) is 0 Å². The van der Waals surface area contributed by atoms with Crippen molar-refractivity contribution in [3.05, 3.63) is 11.4 Å². The summed E-state index contributed by atoms with van der Waals surface area (Å²) in [7, 11) is 0. The van der Waals surface area contributed by atoms with Crippen molar-refractivity contribution in [3.63, 3.8) is 0 Å². The van der Waals surface area contributed by atoms with Crippen LogP contribution in [0.4, 0.5) is 0 Å². The molecule has 0 aromatic carbocycles. The van der Waals surface area contributed by atoms with Gasteiger partial charge in [-0.1, -0.05) is 20.8 Å². The quantitative estimate of drug-likeness (QED) is 0.709. The molecule has 1 rings (SSSR count). The summed E-state index contributed by atoms with van der Waals surface area (Å²) in [6.07, 6.45) is 5.20. The second-order valence-corrected chi connectivity index (χ2v) is 3.79. The van der Waals surface area contributed by atoms with Crippen LogP contribution < -0.4 is 5.32 Å². The van der Waals surface area contributed by atoms with E-state index in [2.05, 4.69) is 38.0 Å². The summed E-state index contributed by atoms with van der Waals surface area (Å²) in [6, 6.07) is 0. The van der Waals surface area contributed by atoms with Gasteiger partial charge in [0, 0.05) is 11.9 Å². The lowest BCUT2D eigenvalue weighted by atomic mass is 9.97. The molecular weight excluding hydrogens is 160 g/mol. The van der Waals surface area contributed by atoms with Gasteiger partial charge in [-0.2, -0.15) is 0 Å². The number of nitrogens with zero attached hydrogens (tertiary/aromatic N) is 1. The molecule has 1 unspecified atom stereocenters. The molecule has 0 spiro atoms. The molecule has 0 amide bonds. The van der Waals surface area contributed by atoms with E-state index in [9.17, 15) is 0 Å². The standard InChI is InChI=1S/C11H20N2/c1-5-9-10(6-2)13-11(4,7-3)8-12-9/h8,13H,5-7H2,1-4H3. The highest BCUT2D eigenvalue weighted by molar-refractivity contribution is 5.72. The Morgan fingerprint density at radius 2 is 2.00 bits per heavy atom. The fourth-order valence-electron chi connectivity index (χ4n) is 1.52. The Hall–Kier alpha value is -0.790. The number of aliphatic imine (C=N–C) groups is 1. The first-order chi connectivity index (χ1) is 6.15. The van der Waals surface area contributed by atoms with E-state index in [4.69, 9.17) is 0 Å². The van der Waals surface area contributed by atoms with Crippen LogP contribution in [0.1, 0.15) is 47.0 Å². The number of nitrogens with one attached hydrogen (secondary N) is 1. The van der Waals surface area contributed by atoms with E-state index in [1.54, 1.807) is 0 Å². The van der Waals surface area contributed by atoms with Crippen LogP contribution >= 0.6 is 0 Å². The van der Waals surface area contributed by atoms with Crippen molar-refractivity contribution >= 4 is 6.21 Å². The van der Waals surface area contributed by atoms with Crippen molar-refractivity contribution < 1.29 is 0 Å². The maximum absolute atomic E-state index is 4.52. The number of hydrogen-bond acceptors (Lipinski definition) is 2. The van der Waals surface area contributed by atoms with Crippen molar-refractivity contribution in [1.82, 2.24) is 5.32 Å². The van der Waals surface area contributed by atoms with Gasteiger partial charge < -0.3 is 5.32 Å². The molecule has 2 nitrogen and oxygen atoms in total. The van der Waals surface area contributed by atoms with Gasteiger partial charge >= 0.3 is 0 Å². The predicted octanol–water partition coefficient (Wildman–Crippen LogP) is 2.86. The third-order valence-electron chi connectivity index (χ3n) is 2.71. The van der Waals surface area contributed by atoms with E-state index in [1.807, 2.05) is 6.21 Å². The first kappa shape index (κ1) is 10.3. The summed E-state index contributed by atoms with van der Waals surface area (Å²) in [5.74, 6) is 0. The topological polar surface area (TPSA) is 24.4 Å². The molecule has 74 valence electrons. The Labute approximate surface area is 81.1 Å². The molecule has 2 heteroatoms. The Bertz CT molecular complexity index is 240. The third-order valence-corrected chi connectivity index (χ3v) is 2.71. The third kappa shape index (κ3) is 2.11. The van der Waals surface area contributed by atoms with Crippen LogP contribution in [0.15, 0.2) is 16.4 Å². The van der Waals surface area contributed by atoms with Crippen LogP contribution in [-0.2, 0) is 0 Å². The highest BCUT2D eigenvalue weighted by Gasteiger charge is 2.23. The van der Waals surface area contributed by atoms with E-state index in [1.165, 1.54) is 11.4 Å². The molecule has 1 atom stereocenters. The fraction of sp³-hybridized carbons (Fsp3) is 0.727. The molecule has 0 aromatic heterocycles. The van der Waals surface area contributed by atoms with Crippen molar-refractivity contribution in [2.45, 2.75) is 52.5 Å².